The smallest absolute Gasteiger partial charge is 0.248 e. The first-order valence-electron chi connectivity index (χ1n) is 10.3. The molecule has 0 radical (unpaired) electrons. The van der Waals surface area contributed by atoms with Gasteiger partial charge in [-0.25, -0.2) is 8.42 Å². The molecule has 1 heterocycles. The highest BCUT2D eigenvalue weighted by atomic mass is 35.5. The van der Waals surface area contributed by atoms with Gasteiger partial charge >= 0.3 is 0 Å². The second-order valence-corrected chi connectivity index (χ2v) is 10.7. The minimum atomic E-state index is -3.91. The van der Waals surface area contributed by atoms with Crippen LogP contribution in [0.4, 0.5) is 5.69 Å². The van der Waals surface area contributed by atoms with E-state index in [0.717, 1.165) is 5.56 Å². The molecule has 7 nitrogen and oxygen atoms in total. The molecular weight excluding hydrogens is 450 g/mol. The molecule has 1 aliphatic heterocycles. The molecule has 2 amide bonds. The van der Waals surface area contributed by atoms with E-state index in [0.29, 0.717) is 21.8 Å². The van der Waals surface area contributed by atoms with Gasteiger partial charge in [0.05, 0.1) is 11.4 Å². The molecular formula is C23H28ClN3O4S. The number of rotatable bonds is 6. The van der Waals surface area contributed by atoms with Gasteiger partial charge in [0.25, 0.3) is 0 Å². The topological polar surface area (TPSA) is 78.0 Å². The van der Waals surface area contributed by atoms with Crippen molar-refractivity contribution in [2.24, 2.45) is 0 Å². The van der Waals surface area contributed by atoms with Crippen LogP contribution in [0.3, 0.4) is 0 Å². The quantitative estimate of drug-likeness (QED) is 0.638. The van der Waals surface area contributed by atoms with Crippen molar-refractivity contribution in [1.29, 1.82) is 0 Å². The number of halogens is 1. The van der Waals surface area contributed by atoms with Crippen LogP contribution in [0, 0.1) is 20.8 Å². The molecule has 0 N–H and O–H groups in total. The van der Waals surface area contributed by atoms with Gasteiger partial charge in [-0.1, -0.05) is 29.3 Å². The van der Waals surface area contributed by atoms with Crippen molar-refractivity contribution in [3.05, 3.63) is 58.1 Å². The fraction of sp³-hybridized carbons (Fsp3) is 0.391. The summed E-state index contributed by atoms with van der Waals surface area (Å²) in [6.07, 6.45) is 0. The lowest BCUT2D eigenvalue weighted by atomic mass is 10.1. The average molecular weight is 478 g/mol. The maximum absolute atomic E-state index is 13.5. The van der Waals surface area contributed by atoms with Gasteiger partial charge in [0.2, 0.25) is 21.8 Å². The Balaban J connectivity index is 1.83. The van der Waals surface area contributed by atoms with Crippen molar-refractivity contribution in [2.45, 2.75) is 45.6 Å². The molecule has 0 unspecified atom stereocenters. The van der Waals surface area contributed by atoms with Gasteiger partial charge in [-0.3, -0.25) is 14.5 Å². The summed E-state index contributed by atoms with van der Waals surface area (Å²) in [5.74, 6) is -0.653. The summed E-state index contributed by atoms with van der Waals surface area (Å²) in [6.45, 7) is 8.53. The summed E-state index contributed by atoms with van der Waals surface area (Å²) in [6, 6.07) is 9.98. The zero-order chi connectivity index (χ0) is 23.8. The van der Waals surface area contributed by atoms with Crippen LogP contribution in [0.15, 0.2) is 41.3 Å². The fourth-order valence-corrected chi connectivity index (χ4v) is 6.16. The Bertz CT molecular complexity index is 1120. The largest absolute Gasteiger partial charge is 0.314 e. The number of sulfonamides is 1. The number of anilines is 1. The Kier molecular flexibility index (Phi) is 6.97. The molecule has 3 rings (SSSR count). The van der Waals surface area contributed by atoms with Crippen molar-refractivity contribution >= 4 is 39.1 Å². The van der Waals surface area contributed by atoms with Gasteiger partial charge < -0.3 is 4.90 Å². The predicted molar refractivity (Wildman–Crippen MR) is 125 cm³/mol. The van der Waals surface area contributed by atoms with E-state index in [1.54, 1.807) is 52.0 Å². The molecule has 1 saturated heterocycles. The zero-order valence-electron chi connectivity index (χ0n) is 18.9. The first-order chi connectivity index (χ1) is 14.9. The molecule has 0 spiro atoms. The standard InChI is InChI=1S/C23H28ClN3O4S/c1-15(2)27(32(30,31)23-17(4)10-16(3)11-18(23)5)13-21(28)25-12-22(29)26(14-25)20-8-6-19(24)7-9-20/h6-11,15H,12-14H2,1-5H3. The highest BCUT2D eigenvalue weighted by Crippen LogP contribution is 2.27. The molecule has 2 aromatic rings. The number of benzene rings is 2. The second-order valence-electron chi connectivity index (χ2n) is 8.40. The molecule has 0 aliphatic carbocycles. The van der Waals surface area contributed by atoms with Gasteiger partial charge in [0.15, 0.2) is 0 Å². The Hall–Kier alpha value is -2.42. The minimum absolute atomic E-state index is 0.0634. The lowest BCUT2D eigenvalue weighted by molar-refractivity contribution is -0.132. The van der Waals surface area contributed by atoms with E-state index in [1.165, 1.54) is 14.1 Å². The average Bonchev–Trinajstić information content (AvgIpc) is 3.06. The van der Waals surface area contributed by atoms with Crippen LogP contribution in [0.2, 0.25) is 5.02 Å². The molecule has 0 atom stereocenters. The minimum Gasteiger partial charge on any atom is -0.314 e. The third-order valence-corrected chi connectivity index (χ3v) is 8.05. The highest BCUT2D eigenvalue weighted by Gasteiger charge is 2.36. The maximum atomic E-state index is 13.5. The molecule has 0 bridgehead atoms. The van der Waals surface area contributed by atoms with Crippen LogP contribution in [-0.2, 0) is 19.6 Å². The van der Waals surface area contributed by atoms with E-state index >= 15 is 0 Å². The van der Waals surface area contributed by atoms with Crippen molar-refractivity contribution in [3.63, 3.8) is 0 Å². The van der Waals surface area contributed by atoms with Crippen LogP contribution in [0.25, 0.3) is 0 Å². The Morgan fingerprint density at radius 1 is 1.09 bits per heavy atom. The molecule has 0 aromatic heterocycles. The normalized spacial score (nSPS) is 14.7. The number of carbonyl (C=O) groups excluding carboxylic acids is 2. The second kappa shape index (κ2) is 9.21. The predicted octanol–water partition coefficient (Wildman–Crippen LogP) is 3.50. The number of nitrogens with zero attached hydrogens (tertiary/aromatic N) is 3. The first-order valence-corrected chi connectivity index (χ1v) is 12.2. The number of hydrogen-bond donors (Lipinski definition) is 0. The van der Waals surface area contributed by atoms with Crippen molar-refractivity contribution in [2.75, 3.05) is 24.7 Å². The Morgan fingerprint density at radius 2 is 1.66 bits per heavy atom. The Labute approximate surface area is 194 Å². The number of carbonyl (C=O) groups is 2. The number of aryl methyl sites for hydroxylation is 3. The van der Waals surface area contributed by atoms with E-state index in [1.807, 2.05) is 19.1 Å². The van der Waals surface area contributed by atoms with Gasteiger partial charge in [-0.15, -0.1) is 0 Å². The number of hydrogen-bond acceptors (Lipinski definition) is 4. The third kappa shape index (κ3) is 4.82. The van der Waals surface area contributed by atoms with Gasteiger partial charge in [-0.05, 0) is 70.0 Å². The lowest BCUT2D eigenvalue weighted by Crippen LogP contribution is -2.46. The molecule has 0 saturated carbocycles. The van der Waals surface area contributed by atoms with Crippen LogP contribution in [0.5, 0.6) is 0 Å². The van der Waals surface area contributed by atoms with Crippen LogP contribution >= 0.6 is 11.6 Å². The summed E-state index contributed by atoms with van der Waals surface area (Å²) in [4.78, 5) is 28.6. The van der Waals surface area contributed by atoms with E-state index < -0.39 is 22.0 Å². The van der Waals surface area contributed by atoms with E-state index in [2.05, 4.69) is 0 Å². The summed E-state index contributed by atoms with van der Waals surface area (Å²) in [5.41, 5.74) is 2.90. The summed E-state index contributed by atoms with van der Waals surface area (Å²) >= 11 is 5.91. The number of amides is 2. The molecule has 32 heavy (non-hydrogen) atoms. The van der Waals surface area contributed by atoms with Crippen molar-refractivity contribution < 1.29 is 18.0 Å². The molecule has 9 heteroatoms. The molecule has 2 aromatic carbocycles. The fourth-order valence-electron chi connectivity index (χ4n) is 4.03. The van der Waals surface area contributed by atoms with Crippen molar-refractivity contribution in [3.8, 4) is 0 Å². The molecule has 1 fully saturated rings. The highest BCUT2D eigenvalue weighted by molar-refractivity contribution is 7.89. The first kappa shape index (κ1) is 24.2. The van der Waals surface area contributed by atoms with Crippen molar-refractivity contribution in [1.82, 2.24) is 9.21 Å². The van der Waals surface area contributed by atoms with Gasteiger partial charge in [0.1, 0.15) is 13.2 Å². The van der Waals surface area contributed by atoms with Crippen LogP contribution in [-0.4, -0.2) is 55.2 Å². The molecule has 1 aliphatic rings. The zero-order valence-corrected chi connectivity index (χ0v) is 20.5. The third-order valence-electron chi connectivity index (χ3n) is 5.47. The van der Waals surface area contributed by atoms with E-state index in [4.69, 9.17) is 11.6 Å². The van der Waals surface area contributed by atoms with Crippen LogP contribution in [0.1, 0.15) is 30.5 Å². The summed E-state index contributed by atoms with van der Waals surface area (Å²) < 4.78 is 28.3. The Morgan fingerprint density at radius 3 is 2.19 bits per heavy atom. The van der Waals surface area contributed by atoms with Gasteiger partial charge in [0, 0.05) is 16.8 Å². The molecule has 172 valence electrons. The lowest BCUT2D eigenvalue weighted by Gasteiger charge is -2.28. The van der Waals surface area contributed by atoms with E-state index in [9.17, 15) is 18.0 Å². The SMILES string of the molecule is Cc1cc(C)c(S(=O)(=O)N(CC(=O)N2CC(=O)N(c3ccc(Cl)cc3)C2)C(C)C)c(C)c1. The summed E-state index contributed by atoms with van der Waals surface area (Å²) in [7, 11) is -3.91. The summed E-state index contributed by atoms with van der Waals surface area (Å²) in [5, 5.41) is 0.549. The van der Waals surface area contributed by atoms with Crippen LogP contribution < -0.4 is 4.90 Å². The maximum Gasteiger partial charge on any atom is 0.248 e. The monoisotopic (exact) mass is 477 g/mol. The van der Waals surface area contributed by atoms with E-state index in [-0.39, 0.29) is 30.6 Å². The van der Waals surface area contributed by atoms with Gasteiger partial charge in [-0.2, -0.15) is 4.31 Å².